The number of aromatic nitrogens is 2. The van der Waals surface area contributed by atoms with Crippen molar-refractivity contribution in [1.29, 1.82) is 0 Å². The number of ether oxygens (including phenoxy) is 2. The van der Waals surface area contributed by atoms with E-state index >= 15 is 0 Å². The number of hydrogen-bond donors (Lipinski definition) is 0. The van der Waals surface area contributed by atoms with E-state index in [-0.39, 0.29) is 11.8 Å². The van der Waals surface area contributed by atoms with Gasteiger partial charge in [-0.3, -0.25) is 9.59 Å². The number of nitrogens with zero attached hydrogens (tertiary/aromatic N) is 4. The quantitative estimate of drug-likeness (QED) is 0.266. The molecule has 1 amide bonds. The Bertz CT molecular complexity index is 1210. The third-order valence-corrected chi connectivity index (χ3v) is 6.23. The molecule has 0 saturated carbocycles. The van der Waals surface area contributed by atoms with Gasteiger partial charge in [-0.15, -0.1) is 0 Å². The molecule has 3 aromatic rings. The number of carbonyl (C=O) groups is 2. The summed E-state index contributed by atoms with van der Waals surface area (Å²) < 4.78 is 10.5. The molecule has 0 saturated heterocycles. The Morgan fingerprint density at radius 3 is 2.37 bits per heavy atom. The van der Waals surface area contributed by atoms with Gasteiger partial charge in [0, 0.05) is 17.8 Å². The number of esters is 1. The zero-order chi connectivity index (χ0) is 24.8. The van der Waals surface area contributed by atoms with Crippen molar-refractivity contribution in [3.63, 3.8) is 0 Å². The highest BCUT2D eigenvalue weighted by Crippen LogP contribution is 2.33. The fourth-order valence-corrected chi connectivity index (χ4v) is 4.51. The van der Waals surface area contributed by atoms with E-state index in [0.717, 1.165) is 34.0 Å². The van der Waals surface area contributed by atoms with E-state index in [4.69, 9.17) is 9.47 Å². The molecular formula is C26H26N4O4S. The summed E-state index contributed by atoms with van der Waals surface area (Å²) in [5.74, 6) is -0.166. The Morgan fingerprint density at radius 1 is 1.03 bits per heavy atom. The van der Waals surface area contributed by atoms with Crippen molar-refractivity contribution in [3.05, 3.63) is 83.2 Å². The summed E-state index contributed by atoms with van der Waals surface area (Å²) in [5.41, 5.74) is 4.32. The molecule has 0 bridgehead atoms. The summed E-state index contributed by atoms with van der Waals surface area (Å²) >= 11 is 1.18. The minimum Gasteiger partial charge on any atom is -0.497 e. The molecule has 1 aliphatic heterocycles. The van der Waals surface area contributed by atoms with Crippen molar-refractivity contribution in [2.45, 2.75) is 31.5 Å². The predicted octanol–water partition coefficient (Wildman–Crippen LogP) is 4.12. The van der Waals surface area contributed by atoms with Crippen LogP contribution in [0, 0.1) is 13.8 Å². The van der Waals surface area contributed by atoms with Gasteiger partial charge in [-0.2, -0.15) is 5.10 Å². The maximum absolute atomic E-state index is 13.1. The molecule has 1 aliphatic rings. The fourth-order valence-electron chi connectivity index (χ4n) is 3.76. The van der Waals surface area contributed by atoms with E-state index < -0.39 is 18.5 Å². The van der Waals surface area contributed by atoms with Gasteiger partial charge in [0.2, 0.25) is 0 Å². The second kappa shape index (κ2) is 11.1. The normalized spacial score (nSPS) is 15.0. The topological polar surface area (TPSA) is 94.0 Å². The first-order chi connectivity index (χ1) is 16.9. The molecule has 0 spiro atoms. The van der Waals surface area contributed by atoms with Gasteiger partial charge < -0.3 is 9.47 Å². The van der Waals surface area contributed by atoms with E-state index in [1.165, 1.54) is 16.8 Å². The Hall–Kier alpha value is -3.72. The molecule has 4 rings (SSSR count). The van der Waals surface area contributed by atoms with Crippen LogP contribution in [0.25, 0.3) is 0 Å². The van der Waals surface area contributed by atoms with Crippen LogP contribution in [0.5, 0.6) is 5.75 Å². The Labute approximate surface area is 208 Å². The largest absolute Gasteiger partial charge is 0.497 e. The number of amides is 1. The average molecular weight is 491 g/mol. The van der Waals surface area contributed by atoms with Gasteiger partial charge in [0.05, 0.1) is 24.6 Å². The van der Waals surface area contributed by atoms with E-state index in [1.54, 1.807) is 7.11 Å². The molecule has 0 radical (unpaired) electrons. The molecule has 0 unspecified atom stereocenters. The molecule has 35 heavy (non-hydrogen) atoms. The van der Waals surface area contributed by atoms with Crippen molar-refractivity contribution >= 4 is 29.4 Å². The van der Waals surface area contributed by atoms with Crippen LogP contribution < -0.4 is 4.74 Å². The Kier molecular flexibility index (Phi) is 7.77. The molecule has 2 aromatic carbocycles. The standard InChI is InChI=1S/C26H26N4O4S/c1-17-13-18(2)28-26(27-17)35-16-25(32)34-15-24(31)30-23(20-9-11-21(33-3)12-10-20)14-22(29-30)19-7-5-4-6-8-19/h4-13,23H,14-16H2,1-3H3/t23-/m0/s1. The van der Waals surface area contributed by atoms with Crippen molar-refractivity contribution in [1.82, 2.24) is 15.0 Å². The van der Waals surface area contributed by atoms with E-state index in [0.29, 0.717) is 11.6 Å². The lowest BCUT2D eigenvalue weighted by Crippen LogP contribution is -2.31. The summed E-state index contributed by atoms with van der Waals surface area (Å²) in [4.78, 5) is 34.0. The van der Waals surface area contributed by atoms with Crippen LogP contribution in [-0.2, 0) is 14.3 Å². The molecule has 2 heterocycles. The number of benzene rings is 2. The molecule has 1 aromatic heterocycles. The van der Waals surface area contributed by atoms with E-state index in [9.17, 15) is 9.59 Å². The van der Waals surface area contributed by atoms with Gasteiger partial charge in [-0.1, -0.05) is 54.2 Å². The average Bonchev–Trinajstić information content (AvgIpc) is 3.32. The second-order valence-electron chi connectivity index (χ2n) is 8.03. The maximum Gasteiger partial charge on any atom is 0.316 e. The lowest BCUT2D eigenvalue weighted by atomic mass is 9.98. The van der Waals surface area contributed by atoms with Gasteiger partial charge in [0.15, 0.2) is 11.8 Å². The van der Waals surface area contributed by atoms with Crippen LogP contribution in [0.2, 0.25) is 0 Å². The zero-order valence-corrected chi connectivity index (χ0v) is 20.6. The first kappa shape index (κ1) is 24.4. The molecule has 0 aliphatic carbocycles. The van der Waals surface area contributed by atoms with Gasteiger partial charge in [0.25, 0.3) is 5.91 Å². The molecule has 8 nitrogen and oxygen atoms in total. The number of thioether (sulfide) groups is 1. The van der Waals surface area contributed by atoms with Crippen LogP contribution in [0.15, 0.2) is 70.9 Å². The maximum atomic E-state index is 13.1. The minimum absolute atomic E-state index is 0.0105. The highest BCUT2D eigenvalue weighted by Gasteiger charge is 2.33. The number of hydrazone groups is 1. The van der Waals surface area contributed by atoms with Crippen molar-refractivity contribution in [2.75, 3.05) is 19.5 Å². The van der Waals surface area contributed by atoms with Crippen LogP contribution >= 0.6 is 11.8 Å². The summed E-state index contributed by atoms with van der Waals surface area (Å²) in [6, 6.07) is 18.8. The van der Waals surface area contributed by atoms with Crippen LogP contribution in [0.4, 0.5) is 0 Å². The third-order valence-electron chi connectivity index (χ3n) is 5.41. The summed E-state index contributed by atoms with van der Waals surface area (Å²) in [5, 5.41) is 6.52. The number of hydrogen-bond acceptors (Lipinski definition) is 8. The third kappa shape index (κ3) is 6.24. The first-order valence-corrected chi connectivity index (χ1v) is 12.1. The van der Waals surface area contributed by atoms with Gasteiger partial charge in [-0.25, -0.2) is 15.0 Å². The predicted molar refractivity (Wildman–Crippen MR) is 133 cm³/mol. The zero-order valence-electron chi connectivity index (χ0n) is 19.8. The van der Waals surface area contributed by atoms with E-state index in [2.05, 4.69) is 15.1 Å². The smallest absolute Gasteiger partial charge is 0.316 e. The van der Waals surface area contributed by atoms with E-state index in [1.807, 2.05) is 74.5 Å². The first-order valence-electron chi connectivity index (χ1n) is 11.1. The SMILES string of the molecule is COc1ccc([C@@H]2CC(c3ccccc3)=NN2C(=O)COC(=O)CSc2nc(C)cc(C)n2)cc1. The number of aryl methyl sites for hydroxylation is 2. The Morgan fingerprint density at radius 2 is 1.71 bits per heavy atom. The van der Waals surface area contributed by atoms with Crippen molar-refractivity contribution < 1.29 is 19.1 Å². The molecule has 0 N–H and O–H groups in total. The van der Waals surface area contributed by atoms with Crippen molar-refractivity contribution in [3.8, 4) is 5.75 Å². The molecule has 0 fully saturated rings. The Balaban J connectivity index is 1.43. The lowest BCUT2D eigenvalue weighted by molar-refractivity contribution is -0.150. The minimum atomic E-state index is -0.515. The van der Waals surface area contributed by atoms with Gasteiger partial charge >= 0.3 is 5.97 Å². The van der Waals surface area contributed by atoms with Gasteiger partial charge in [-0.05, 0) is 43.2 Å². The number of carbonyl (C=O) groups excluding carboxylic acids is 2. The highest BCUT2D eigenvalue weighted by atomic mass is 32.2. The van der Waals surface area contributed by atoms with Crippen LogP contribution in [0.3, 0.4) is 0 Å². The van der Waals surface area contributed by atoms with Crippen LogP contribution in [0.1, 0.15) is 35.0 Å². The summed E-state index contributed by atoms with van der Waals surface area (Å²) in [6.45, 7) is 3.34. The molecule has 9 heteroatoms. The number of methoxy groups -OCH3 is 1. The van der Waals surface area contributed by atoms with Gasteiger partial charge in [0.1, 0.15) is 5.75 Å². The molecular weight excluding hydrogens is 464 g/mol. The summed E-state index contributed by atoms with van der Waals surface area (Å²) in [7, 11) is 1.61. The highest BCUT2D eigenvalue weighted by molar-refractivity contribution is 7.99. The molecule has 1 atom stereocenters. The monoisotopic (exact) mass is 490 g/mol. The van der Waals surface area contributed by atoms with Crippen LogP contribution in [-0.4, -0.2) is 52.0 Å². The second-order valence-corrected chi connectivity index (χ2v) is 8.97. The lowest BCUT2D eigenvalue weighted by Gasteiger charge is -2.22. The summed E-state index contributed by atoms with van der Waals surface area (Å²) in [6.07, 6.45) is 0.552. The molecule has 180 valence electrons. The van der Waals surface area contributed by atoms with Crippen molar-refractivity contribution in [2.24, 2.45) is 5.10 Å². The fraction of sp³-hybridized carbons (Fsp3) is 0.269. The number of rotatable bonds is 8.